The lowest BCUT2D eigenvalue weighted by Gasteiger charge is -2.27. The molecule has 0 aromatic heterocycles. The van der Waals surface area contributed by atoms with Crippen molar-refractivity contribution >= 4 is 5.91 Å². The lowest BCUT2D eigenvalue weighted by Crippen LogP contribution is -2.44. The lowest BCUT2D eigenvalue weighted by molar-refractivity contribution is -0.131. The lowest BCUT2D eigenvalue weighted by atomic mass is 9.93. The quantitative estimate of drug-likeness (QED) is 0.665. The Balaban J connectivity index is 1.74. The third kappa shape index (κ3) is 1.61. The van der Waals surface area contributed by atoms with Crippen LogP contribution >= 0.6 is 0 Å². The summed E-state index contributed by atoms with van der Waals surface area (Å²) in [7, 11) is 0. The Hall–Kier alpha value is -0.570. The first-order chi connectivity index (χ1) is 5.86. The van der Waals surface area contributed by atoms with E-state index in [9.17, 15) is 4.79 Å². The van der Waals surface area contributed by atoms with E-state index in [0.29, 0.717) is 6.04 Å². The van der Waals surface area contributed by atoms with E-state index in [1.54, 1.807) is 0 Å². The zero-order chi connectivity index (χ0) is 8.39. The second kappa shape index (κ2) is 3.44. The fourth-order valence-electron chi connectivity index (χ4n) is 1.63. The summed E-state index contributed by atoms with van der Waals surface area (Å²) in [6.45, 7) is 0.753. The molecule has 1 N–H and O–H groups in total. The Labute approximate surface area is 72.5 Å². The average Bonchev–Trinajstić information content (AvgIpc) is 2.47. The van der Waals surface area contributed by atoms with E-state index in [0.717, 1.165) is 32.3 Å². The van der Waals surface area contributed by atoms with Crippen LogP contribution in [0.3, 0.4) is 0 Å². The zero-order valence-electron chi connectivity index (χ0n) is 7.21. The Morgan fingerprint density at radius 2 is 2.08 bits per heavy atom. The van der Waals surface area contributed by atoms with Crippen LogP contribution in [0, 0.1) is 0 Å². The maximum Gasteiger partial charge on any atom is 0.249 e. The number of amides is 1. The molecule has 0 bridgehead atoms. The number of carbonyl (C=O) groups excluding carboxylic acids is 1. The number of rotatable bonds is 2. The maximum atomic E-state index is 11.4. The van der Waals surface area contributed by atoms with Crippen molar-refractivity contribution in [3.8, 4) is 0 Å². The fraction of sp³-hybridized carbons (Fsp3) is 0.889. The van der Waals surface area contributed by atoms with Crippen molar-refractivity contribution in [2.75, 3.05) is 6.61 Å². The molecule has 1 saturated carbocycles. The third-order valence-electron chi connectivity index (χ3n) is 2.67. The molecule has 1 amide bonds. The van der Waals surface area contributed by atoms with E-state index in [2.05, 4.69) is 5.32 Å². The zero-order valence-corrected chi connectivity index (χ0v) is 7.21. The Kier molecular flexibility index (Phi) is 2.30. The fourth-order valence-corrected chi connectivity index (χ4v) is 1.63. The van der Waals surface area contributed by atoms with E-state index in [1.807, 2.05) is 0 Å². The molecule has 1 atom stereocenters. The van der Waals surface area contributed by atoms with Gasteiger partial charge in [-0.05, 0) is 32.1 Å². The van der Waals surface area contributed by atoms with Crippen LogP contribution in [0.25, 0.3) is 0 Å². The molecule has 2 aliphatic rings. The number of nitrogens with one attached hydrogen (secondary N) is 1. The largest absolute Gasteiger partial charge is 0.368 e. The number of hydrogen-bond donors (Lipinski definition) is 1. The molecule has 1 unspecified atom stereocenters. The average molecular weight is 169 g/mol. The Bertz CT molecular complexity index is 171. The summed E-state index contributed by atoms with van der Waals surface area (Å²) in [5, 5.41) is 2.99. The van der Waals surface area contributed by atoms with E-state index >= 15 is 0 Å². The summed E-state index contributed by atoms with van der Waals surface area (Å²) in [6.07, 6.45) is 5.35. The highest BCUT2D eigenvalue weighted by Gasteiger charge is 2.27. The molecule has 2 fully saturated rings. The van der Waals surface area contributed by atoms with Gasteiger partial charge in [0.2, 0.25) is 5.91 Å². The van der Waals surface area contributed by atoms with Gasteiger partial charge in [-0.3, -0.25) is 4.79 Å². The second-order valence-electron chi connectivity index (χ2n) is 3.64. The number of hydrogen-bond acceptors (Lipinski definition) is 2. The molecule has 1 aliphatic carbocycles. The molecule has 0 aromatic rings. The van der Waals surface area contributed by atoms with E-state index in [-0.39, 0.29) is 12.0 Å². The van der Waals surface area contributed by atoms with Gasteiger partial charge in [0, 0.05) is 12.6 Å². The van der Waals surface area contributed by atoms with Gasteiger partial charge in [-0.2, -0.15) is 0 Å². The van der Waals surface area contributed by atoms with Crippen molar-refractivity contribution in [2.45, 2.75) is 44.2 Å². The Morgan fingerprint density at radius 3 is 2.58 bits per heavy atom. The molecule has 68 valence electrons. The first-order valence-electron chi connectivity index (χ1n) is 4.78. The molecule has 1 heterocycles. The van der Waals surface area contributed by atoms with Crippen LogP contribution in [0.5, 0.6) is 0 Å². The highest BCUT2D eigenvalue weighted by molar-refractivity contribution is 5.81. The highest BCUT2D eigenvalue weighted by Crippen LogP contribution is 2.19. The van der Waals surface area contributed by atoms with Crippen molar-refractivity contribution in [3.05, 3.63) is 0 Å². The smallest absolute Gasteiger partial charge is 0.249 e. The maximum absolute atomic E-state index is 11.4. The molecular formula is C9H15NO2. The summed E-state index contributed by atoms with van der Waals surface area (Å²) in [6, 6.07) is 0.446. The molecule has 0 spiro atoms. The molecule has 0 radical (unpaired) electrons. The van der Waals surface area contributed by atoms with E-state index in [4.69, 9.17) is 4.74 Å². The molecular weight excluding hydrogens is 154 g/mol. The van der Waals surface area contributed by atoms with Gasteiger partial charge < -0.3 is 10.1 Å². The molecule has 2 rings (SSSR count). The minimum Gasteiger partial charge on any atom is -0.368 e. The molecule has 0 aromatic carbocycles. The predicted octanol–water partition coefficient (Wildman–Crippen LogP) is 0.834. The summed E-state index contributed by atoms with van der Waals surface area (Å²) in [5.74, 6) is 0.109. The van der Waals surface area contributed by atoms with Gasteiger partial charge in [-0.25, -0.2) is 0 Å². The topological polar surface area (TPSA) is 38.3 Å². The summed E-state index contributed by atoms with van der Waals surface area (Å²) in [4.78, 5) is 11.4. The minimum atomic E-state index is -0.148. The van der Waals surface area contributed by atoms with Gasteiger partial charge >= 0.3 is 0 Å². The molecule has 12 heavy (non-hydrogen) atoms. The van der Waals surface area contributed by atoms with Crippen LogP contribution in [0.15, 0.2) is 0 Å². The van der Waals surface area contributed by atoms with Gasteiger partial charge in [-0.1, -0.05) is 0 Å². The first kappa shape index (κ1) is 8.05. The molecule has 3 nitrogen and oxygen atoms in total. The van der Waals surface area contributed by atoms with E-state index in [1.165, 1.54) is 6.42 Å². The van der Waals surface area contributed by atoms with Crippen LogP contribution in [0.2, 0.25) is 0 Å². The van der Waals surface area contributed by atoms with Crippen LogP contribution in [0.4, 0.5) is 0 Å². The van der Waals surface area contributed by atoms with Crippen molar-refractivity contribution < 1.29 is 9.53 Å². The van der Waals surface area contributed by atoms with Crippen molar-refractivity contribution in [1.82, 2.24) is 5.32 Å². The van der Waals surface area contributed by atoms with Gasteiger partial charge in [0.25, 0.3) is 0 Å². The molecule has 1 aliphatic heterocycles. The Morgan fingerprint density at radius 1 is 1.25 bits per heavy atom. The second-order valence-corrected chi connectivity index (χ2v) is 3.64. The van der Waals surface area contributed by atoms with Crippen molar-refractivity contribution in [2.24, 2.45) is 0 Å². The van der Waals surface area contributed by atoms with Crippen LogP contribution < -0.4 is 5.32 Å². The third-order valence-corrected chi connectivity index (χ3v) is 2.67. The monoisotopic (exact) mass is 169 g/mol. The van der Waals surface area contributed by atoms with Crippen LogP contribution in [-0.2, 0) is 9.53 Å². The minimum absolute atomic E-state index is 0.109. The first-order valence-corrected chi connectivity index (χ1v) is 4.78. The summed E-state index contributed by atoms with van der Waals surface area (Å²) < 4.78 is 5.27. The number of carbonyl (C=O) groups is 1. The molecule has 1 saturated heterocycles. The van der Waals surface area contributed by atoms with Gasteiger partial charge in [0.1, 0.15) is 6.10 Å². The van der Waals surface area contributed by atoms with Crippen LogP contribution in [-0.4, -0.2) is 24.7 Å². The molecule has 3 heteroatoms. The predicted molar refractivity (Wildman–Crippen MR) is 44.8 cm³/mol. The van der Waals surface area contributed by atoms with Crippen LogP contribution in [0.1, 0.15) is 32.1 Å². The van der Waals surface area contributed by atoms with Crippen molar-refractivity contribution in [1.29, 1.82) is 0 Å². The summed E-state index contributed by atoms with van der Waals surface area (Å²) >= 11 is 0. The van der Waals surface area contributed by atoms with E-state index < -0.39 is 0 Å². The normalized spacial score (nSPS) is 29.8. The van der Waals surface area contributed by atoms with Gasteiger partial charge in [-0.15, -0.1) is 0 Å². The summed E-state index contributed by atoms with van der Waals surface area (Å²) in [5.41, 5.74) is 0. The van der Waals surface area contributed by atoms with Crippen molar-refractivity contribution in [3.63, 3.8) is 0 Å². The standard InChI is InChI=1S/C9H15NO2/c11-9(8-5-2-6-12-8)10-7-3-1-4-7/h7-8H,1-6H2,(H,10,11). The van der Waals surface area contributed by atoms with Gasteiger partial charge in [0.05, 0.1) is 0 Å². The SMILES string of the molecule is O=C(NC1CCC1)C1CCCO1. The number of ether oxygens (including phenoxy) is 1. The highest BCUT2D eigenvalue weighted by atomic mass is 16.5. The van der Waals surface area contributed by atoms with Gasteiger partial charge in [0.15, 0.2) is 0 Å².